The van der Waals surface area contributed by atoms with Crippen molar-refractivity contribution < 1.29 is 8.42 Å². The highest BCUT2D eigenvalue weighted by atomic mass is 32.2. The molecule has 0 spiro atoms. The summed E-state index contributed by atoms with van der Waals surface area (Å²) in [5.41, 5.74) is 0.946. The van der Waals surface area contributed by atoms with Crippen LogP contribution in [0.25, 0.3) is 0 Å². The second-order valence-electron chi connectivity index (χ2n) is 4.89. The number of nitrogens with one attached hydrogen (secondary N) is 1. The SMILES string of the molecule is CCCS(=O)(=O)NCC(C)(C)c1ccccc1. The molecule has 0 aliphatic carbocycles. The molecule has 3 nitrogen and oxygen atoms in total. The third-order valence-electron chi connectivity index (χ3n) is 2.76. The van der Waals surface area contributed by atoms with Crippen molar-refractivity contribution >= 4 is 10.0 Å². The Balaban J connectivity index is 2.69. The summed E-state index contributed by atoms with van der Waals surface area (Å²) in [6, 6.07) is 9.94. The molecule has 0 saturated carbocycles. The summed E-state index contributed by atoms with van der Waals surface area (Å²) in [6.07, 6.45) is 0.640. The van der Waals surface area contributed by atoms with E-state index in [0.717, 1.165) is 5.56 Å². The molecule has 0 heterocycles. The van der Waals surface area contributed by atoms with Gasteiger partial charge in [0.1, 0.15) is 0 Å². The molecule has 1 N–H and O–H groups in total. The van der Waals surface area contributed by atoms with Gasteiger partial charge in [-0.1, -0.05) is 51.1 Å². The Hall–Kier alpha value is -0.870. The maximum absolute atomic E-state index is 11.6. The number of hydrogen-bond donors (Lipinski definition) is 1. The molecule has 17 heavy (non-hydrogen) atoms. The maximum atomic E-state index is 11.6. The zero-order valence-electron chi connectivity index (χ0n) is 10.7. The fourth-order valence-corrected chi connectivity index (χ4v) is 2.89. The molecule has 1 rings (SSSR count). The van der Waals surface area contributed by atoms with Gasteiger partial charge in [-0.3, -0.25) is 0 Å². The smallest absolute Gasteiger partial charge is 0.211 e. The molecular formula is C13H21NO2S. The van der Waals surface area contributed by atoms with Gasteiger partial charge in [0.15, 0.2) is 0 Å². The first kappa shape index (κ1) is 14.2. The maximum Gasteiger partial charge on any atom is 0.211 e. The minimum atomic E-state index is -3.12. The van der Waals surface area contributed by atoms with Gasteiger partial charge in [-0.2, -0.15) is 0 Å². The number of rotatable bonds is 6. The van der Waals surface area contributed by atoms with Crippen molar-refractivity contribution in [2.45, 2.75) is 32.6 Å². The van der Waals surface area contributed by atoms with E-state index in [1.165, 1.54) is 0 Å². The average molecular weight is 255 g/mol. The van der Waals surface area contributed by atoms with E-state index in [1.807, 2.05) is 51.1 Å². The van der Waals surface area contributed by atoms with Gasteiger partial charge in [0.05, 0.1) is 5.75 Å². The number of sulfonamides is 1. The fourth-order valence-electron chi connectivity index (χ4n) is 1.62. The monoisotopic (exact) mass is 255 g/mol. The van der Waals surface area contributed by atoms with Gasteiger partial charge in [0, 0.05) is 12.0 Å². The van der Waals surface area contributed by atoms with E-state index in [4.69, 9.17) is 0 Å². The van der Waals surface area contributed by atoms with Crippen molar-refractivity contribution in [1.29, 1.82) is 0 Å². The second kappa shape index (κ2) is 5.65. The van der Waals surface area contributed by atoms with Crippen LogP contribution < -0.4 is 4.72 Å². The molecule has 0 aliphatic rings. The van der Waals surface area contributed by atoms with Crippen LogP contribution in [-0.2, 0) is 15.4 Å². The van der Waals surface area contributed by atoms with E-state index in [9.17, 15) is 8.42 Å². The molecule has 96 valence electrons. The van der Waals surface area contributed by atoms with Crippen molar-refractivity contribution in [3.63, 3.8) is 0 Å². The highest BCUT2D eigenvalue weighted by molar-refractivity contribution is 7.89. The van der Waals surface area contributed by atoms with E-state index in [0.29, 0.717) is 13.0 Å². The molecule has 0 unspecified atom stereocenters. The molecule has 1 aromatic rings. The van der Waals surface area contributed by atoms with Crippen molar-refractivity contribution in [2.75, 3.05) is 12.3 Å². The van der Waals surface area contributed by atoms with Crippen molar-refractivity contribution in [3.05, 3.63) is 35.9 Å². The Morgan fingerprint density at radius 2 is 1.76 bits per heavy atom. The highest BCUT2D eigenvalue weighted by Gasteiger charge is 2.22. The lowest BCUT2D eigenvalue weighted by Crippen LogP contribution is -2.37. The number of benzene rings is 1. The third-order valence-corrected chi connectivity index (χ3v) is 4.29. The Bertz CT molecular complexity index is 438. The zero-order valence-corrected chi connectivity index (χ0v) is 11.5. The Labute approximate surface area is 104 Å². The summed E-state index contributed by atoms with van der Waals surface area (Å²) < 4.78 is 25.9. The van der Waals surface area contributed by atoms with Gasteiger partial charge in [-0.05, 0) is 12.0 Å². The van der Waals surface area contributed by atoms with Gasteiger partial charge in [-0.15, -0.1) is 0 Å². The predicted octanol–water partition coefficient (Wildman–Crippen LogP) is 2.29. The van der Waals surface area contributed by atoms with Gasteiger partial charge < -0.3 is 0 Å². The molecule has 4 heteroatoms. The molecular weight excluding hydrogens is 234 g/mol. The molecule has 0 saturated heterocycles. The van der Waals surface area contributed by atoms with Crippen molar-refractivity contribution in [1.82, 2.24) is 4.72 Å². The lowest BCUT2D eigenvalue weighted by molar-refractivity contribution is 0.501. The summed E-state index contributed by atoms with van der Waals surface area (Å²) in [5.74, 6) is 0.192. The van der Waals surface area contributed by atoms with Crippen LogP contribution in [0.3, 0.4) is 0 Å². The summed E-state index contributed by atoms with van der Waals surface area (Å²) in [5, 5.41) is 0. The third kappa shape index (κ3) is 4.48. The van der Waals surface area contributed by atoms with Crippen molar-refractivity contribution in [3.8, 4) is 0 Å². The molecule has 1 aromatic carbocycles. The molecule has 0 aromatic heterocycles. The zero-order chi connectivity index (χ0) is 12.9. The summed E-state index contributed by atoms with van der Waals surface area (Å²) in [7, 11) is -3.12. The summed E-state index contributed by atoms with van der Waals surface area (Å²) in [6.45, 7) is 6.37. The standard InChI is InChI=1S/C13H21NO2S/c1-4-10-17(15,16)14-11-13(2,3)12-8-6-5-7-9-12/h5-9,14H,4,10-11H2,1-3H3. The van der Waals surface area contributed by atoms with Crippen LogP contribution in [0.5, 0.6) is 0 Å². The Morgan fingerprint density at radius 3 is 2.29 bits per heavy atom. The average Bonchev–Trinajstić information content (AvgIpc) is 2.28. The minimum absolute atomic E-state index is 0.192. The van der Waals surface area contributed by atoms with Crippen LogP contribution in [0.1, 0.15) is 32.8 Å². The quantitative estimate of drug-likeness (QED) is 0.847. The summed E-state index contributed by atoms with van der Waals surface area (Å²) in [4.78, 5) is 0. The Morgan fingerprint density at radius 1 is 1.18 bits per heavy atom. The molecule has 0 fully saturated rings. The van der Waals surface area contributed by atoms with E-state index < -0.39 is 10.0 Å². The van der Waals surface area contributed by atoms with E-state index in [2.05, 4.69) is 4.72 Å². The van der Waals surface area contributed by atoms with Crippen LogP contribution in [0.4, 0.5) is 0 Å². The second-order valence-corrected chi connectivity index (χ2v) is 6.82. The van der Waals surface area contributed by atoms with Crippen LogP contribution >= 0.6 is 0 Å². The van der Waals surface area contributed by atoms with Crippen LogP contribution in [0, 0.1) is 0 Å². The fraction of sp³-hybridized carbons (Fsp3) is 0.538. The van der Waals surface area contributed by atoms with E-state index >= 15 is 0 Å². The van der Waals surface area contributed by atoms with Gasteiger partial charge in [0.25, 0.3) is 0 Å². The van der Waals surface area contributed by atoms with Crippen LogP contribution in [0.15, 0.2) is 30.3 Å². The van der Waals surface area contributed by atoms with E-state index in [-0.39, 0.29) is 11.2 Å². The number of hydrogen-bond acceptors (Lipinski definition) is 2. The first-order valence-electron chi connectivity index (χ1n) is 5.90. The Kier molecular flexibility index (Phi) is 4.71. The largest absolute Gasteiger partial charge is 0.214 e. The first-order valence-corrected chi connectivity index (χ1v) is 7.55. The highest BCUT2D eigenvalue weighted by Crippen LogP contribution is 2.21. The normalized spacial score (nSPS) is 12.6. The molecule has 0 amide bonds. The molecule has 0 radical (unpaired) electrons. The van der Waals surface area contributed by atoms with Gasteiger partial charge in [-0.25, -0.2) is 13.1 Å². The molecule has 0 aliphatic heterocycles. The molecule has 0 atom stereocenters. The van der Waals surface area contributed by atoms with E-state index in [1.54, 1.807) is 0 Å². The lowest BCUT2D eigenvalue weighted by Gasteiger charge is -2.25. The van der Waals surface area contributed by atoms with Crippen LogP contribution in [-0.4, -0.2) is 20.7 Å². The topological polar surface area (TPSA) is 46.2 Å². The van der Waals surface area contributed by atoms with Gasteiger partial charge in [0.2, 0.25) is 10.0 Å². The van der Waals surface area contributed by atoms with Crippen LogP contribution in [0.2, 0.25) is 0 Å². The first-order chi connectivity index (χ1) is 7.87. The van der Waals surface area contributed by atoms with Crippen molar-refractivity contribution in [2.24, 2.45) is 0 Å². The summed E-state index contributed by atoms with van der Waals surface area (Å²) >= 11 is 0. The van der Waals surface area contributed by atoms with Gasteiger partial charge >= 0.3 is 0 Å². The predicted molar refractivity (Wildman–Crippen MR) is 71.5 cm³/mol. The minimum Gasteiger partial charge on any atom is -0.214 e. The molecule has 0 bridgehead atoms. The lowest BCUT2D eigenvalue weighted by atomic mass is 9.85.